The quantitative estimate of drug-likeness (QED) is 0.209. The Hall–Kier alpha value is -2.22. The Morgan fingerprint density at radius 2 is 1.00 bits per heavy atom. The minimum Gasteiger partial charge on any atom is -0.439 e. The van der Waals surface area contributed by atoms with Gasteiger partial charge in [-0.2, -0.15) is 0 Å². The summed E-state index contributed by atoms with van der Waals surface area (Å²) in [4.78, 5) is 8.90. The molecule has 0 unspecified atom stereocenters. The molecule has 14 heteroatoms. The fraction of sp³-hybridized carbons (Fsp3) is 0.562. The number of oxazole rings is 2. The van der Waals surface area contributed by atoms with Crippen molar-refractivity contribution in [1.29, 1.82) is 0 Å². The molecule has 6 rings (SSSR count). The zero-order chi connectivity index (χ0) is 34.1. The summed E-state index contributed by atoms with van der Waals surface area (Å²) in [5, 5.41) is 0.310. The highest BCUT2D eigenvalue weighted by molar-refractivity contribution is 7.93. The second-order valence-electron chi connectivity index (χ2n) is 14.5. The third kappa shape index (κ3) is 5.98. The molecule has 46 heavy (non-hydrogen) atoms. The Labute approximate surface area is 280 Å². The molecule has 2 aliphatic rings. The van der Waals surface area contributed by atoms with Crippen LogP contribution in [0.1, 0.15) is 80.0 Å². The summed E-state index contributed by atoms with van der Waals surface area (Å²) in [6.45, 7) is 16.3. The van der Waals surface area contributed by atoms with Crippen LogP contribution in [0.5, 0.6) is 0 Å². The fourth-order valence-corrected chi connectivity index (χ4v) is 9.75. The van der Waals surface area contributed by atoms with Gasteiger partial charge in [-0.3, -0.25) is 0 Å². The normalized spacial score (nSPS) is 22.8. The maximum absolute atomic E-state index is 13.2. The zero-order valence-corrected chi connectivity index (χ0v) is 30.4. The Morgan fingerprint density at radius 3 is 1.28 bits per heavy atom. The van der Waals surface area contributed by atoms with E-state index in [1.54, 1.807) is 38.1 Å². The summed E-state index contributed by atoms with van der Waals surface area (Å²) >= 11 is 12.5. The highest BCUT2D eigenvalue weighted by Crippen LogP contribution is 2.42. The number of hydrogen-bond donors (Lipinski definition) is 0. The zero-order valence-electron chi connectivity index (χ0n) is 27.3. The average Bonchev–Trinajstić information content (AvgIpc) is 3.74. The van der Waals surface area contributed by atoms with Crippen molar-refractivity contribution in [2.75, 3.05) is 26.4 Å². The van der Waals surface area contributed by atoms with Crippen LogP contribution in [0.25, 0.3) is 22.2 Å². The molecule has 2 aliphatic heterocycles. The lowest BCUT2D eigenvalue weighted by atomic mass is 9.97. The minimum atomic E-state index is -3.72. The molecule has 2 atom stereocenters. The molecule has 2 saturated heterocycles. The number of nitrogens with zero attached hydrogens (tertiary/aromatic N) is 2. The van der Waals surface area contributed by atoms with Gasteiger partial charge in [-0.1, -0.05) is 64.7 Å². The molecule has 0 bridgehead atoms. The van der Waals surface area contributed by atoms with Crippen LogP contribution in [0.3, 0.4) is 0 Å². The number of sulfone groups is 2. The van der Waals surface area contributed by atoms with Crippen molar-refractivity contribution >= 4 is 65.1 Å². The van der Waals surface area contributed by atoms with Gasteiger partial charge in [-0.25, -0.2) is 26.8 Å². The van der Waals surface area contributed by atoms with Gasteiger partial charge in [-0.15, -0.1) is 0 Å². The van der Waals surface area contributed by atoms with Crippen LogP contribution < -0.4 is 0 Å². The predicted molar refractivity (Wildman–Crippen MR) is 177 cm³/mol. The maximum atomic E-state index is 13.2. The van der Waals surface area contributed by atoms with Crippen molar-refractivity contribution in [1.82, 2.24) is 9.97 Å². The van der Waals surface area contributed by atoms with Gasteiger partial charge >= 0.3 is 0 Å². The number of hydrogen-bond acceptors (Lipinski definition) is 10. The van der Waals surface area contributed by atoms with E-state index in [4.69, 9.17) is 41.5 Å². The van der Waals surface area contributed by atoms with Crippen LogP contribution >= 0.6 is 23.2 Å². The highest BCUT2D eigenvalue weighted by atomic mass is 35.5. The lowest BCUT2D eigenvalue weighted by Crippen LogP contribution is -2.36. The van der Waals surface area contributed by atoms with Gasteiger partial charge in [0.05, 0.1) is 32.8 Å². The van der Waals surface area contributed by atoms with Crippen LogP contribution in [-0.2, 0) is 40.0 Å². The lowest BCUT2D eigenvalue weighted by molar-refractivity contribution is 0.191. The van der Waals surface area contributed by atoms with Gasteiger partial charge in [0.15, 0.2) is 30.8 Å². The molecule has 0 saturated carbocycles. The standard InChI is InChI=1S/2C16H20ClNO4S/c2*1-15(2,3)14-18-11-6-5-10(17)13(12(11)22-14)23(19,20)16(4)7-8-21-9-16/h2*5-6H,7-9H2,1-4H3/t2*16-/m10/s1. The molecule has 0 amide bonds. The summed E-state index contributed by atoms with van der Waals surface area (Å²) in [5.74, 6) is 0.970. The van der Waals surface area contributed by atoms with Crippen LogP contribution in [0.15, 0.2) is 42.9 Å². The van der Waals surface area contributed by atoms with Gasteiger partial charge in [0.2, 0.25) is 11.8 Å². The third-order valence-corrected chi connectivity index (χ3v) is 14.4. The van der Waals surface area contributed by atoms with Crippen LogP contribution in [0.2, 0.25) is 10.0 Å². The fourth-order valence-electron chi connectivity index (χ4n) is 5.24. The van der Waals surface area contributed by atoms with Crippen molar-refractivity contribution in [3.8, 4) is 0 Å². The van der Waals surface area contributed by atoms with E-state index in [0.29, 0.717) is 48.9 Å². The average molecular weight is 716 g/mol. The number of ether oxygens (including phenoxy) is 2. The van der Waals surface area contributed by atoms with Crippen LogP contribution in [0.4, 0.5) is 0 Å². The Morgan fingerprint density at radius 1 is 0.652 bits per heavy atom. The van der Waals surface area contributed by atoms with E-state index in [1.165, 1.54) is 0 Å². The first kappa shape index (κ1) is 35.1. The van der Waals surface area contributed by atoms with E-state index in [1.807, 2.05) is 41.5 Å². The second kappa shape index (κ2) is 11.7. The summed E-state index contributed by atoms with van der Waals surface area (Å²) in [6, 6.07) is 6.49. The van der Waals surface area contributed by atoms with Crippen molar-refractivity contribution in [2.24, 2.45) is 0 Å². The Kier molecular flexibility index (Phi) is 8.95. The summed E-state index contributed by atoms with van der Waals surface area (Å²) in [7, 11) is -7.44. The molecule has 252 valence electrons. The Bertz CT molecular complexity index is 1860. The van der Waals surface area contributed by atoms with E-state index in [2.05, 4.69) is 9.97 Å². The highest BCUT2D eigenvalue weighted by Gasteiger charge is 2.47. The number of aromatic nitrogens is 2. The maximum Gasteiger partial charge on any atom is 0.200 e. The topological polar surface area (TPSA) is 139 Å². The Balaban J connectivity index is 0.000000181. The number of halogens is 2. The van der Waals surface area contributed by atoms with Gasteiger partial charge in [0.25, 0.3) is 0 Å². The molecular weight excluding hydrogens is 675 g/mol. The number of rotatable bonds is 4. The van der Waals surface area contributed by atoms with Crippen molar-refractivity contribution in [3.63, 3.8) is 0 Å². The molecule has 0 spiro atoms. The molecule has 0 N–H and O–H groups in total. The first-order chi connectivity index (χ1) is 21.1. The van der Waals surface area contributed by atoms with Gasteiger partial charge < -0.3 is 18.3 Å². The molecule has 2 aromatic heterocycles. The van der Waals surface area contributed by atoms with Crippen molar-refractivity contribution in [2.45, 2.75) is 98.3 Å². The van der Waals surface area contributed by atoms with Crippen LogP contribution in [0, 0.1) is 0 Å². The van der Waals surface area contributed by atoms with Gasteiger partial charge in [0.1, 0.15) is 20.8 Å². The second-order valence-corrected chi connectivity index (χ2v) is 20.1. The van der Waals surface area contributed by atoms with Gasteiger partial charge in [0, 0.05) is 24.0 Å². The molecule has 0 aliphatic carbocycles. The molecule has 2 aromatic carbocycles. The first-order valence-corrected chi connectivity index (χ1v) is 18.7. The summed E-state index contributed by atoms with van der Waals surface area (Å²) in [6.07, 6.45) is 0.866. The lowest BCUT2D eigenvalue weighted by Gasteiger charge is -2.22. The van der Waals surface area contributed by atoms with Crippen LogP contribution in [-0.4, -0.2) is 62.7 Å². The van der Waals surface area contributed by atoms with Gasteiger partial charge in [-0.05, 0) is 51.0 Å². The van der Waals surface area contributed by atoms with E-state index in [9.17, 15) is 16.8 Å². The molecule has 4 aromatic rings. The smallest absolute Gasteiger partial charge is 0.200 e. The third-order valence-electron chi connectivity index (χ3n) is 8.41. The summed E-state index contributed by atoms with van der Waals surface area (Å²) < 4.78 is 73.1. The number of benzene rings is 2. The van der Waals surface area contributed by atoms with E-state index >= 15 is 0 Å². The van der Waals surface area contributed by atoms with Crippen molar-refractivity contribution in [3.05, 3.63) is 46.1 Å². The van der Waals surface area contributed by atoms with E-state index in [-0.39, 0.29) is 55.0 Å². The van der Waals surface area contributed by atoms with E-state index < -0.39 is 29.2 Å². The first-order valence-electron chi connectivity index (χ1n) is 15.0. The molecule has 0 radical (unpaired) electrons. The van der Waals surface area contributed by atoms with E-state index in [0.717, 1.165) is 0 Å². The monoisotopic (exact) mass is 714 g/mol. The summed E-state index contributed by atoms with van der Waals surface area (Å²) in [5.41, 5.74) is 0.812. The molecule has 2 fully saturated rings. The molecule has 10 nitrogen and oxygen atoms in total. The largest absolute Gasteiger partial charge is 0.439 e. The number of fused-ring (bicyclic) bond motifs is 2. The van der Waals surface area contributed by atoms with Crippen molar-refractivity contribution < 1.29 is 35.1 Å². The predicted octanol–water partition coefficient (Wildman–Crippen LogP) is 7.46. The molecule has 4 heterocycles. The SMILES string of the molecule is CC(C)(C)c1nc2ccc(Cl)c(S(=O)(=O)[C@@]3(C)CCOC3)c2o1.CC(C)(C)c1nc2ccc(Cl)c(S(=O)(=O)[C@]3(C)CCOC3)c2o1. The molecular formula is C32H40Cl2N2O8S2. The minimum absolute atomic E-state index is 0.0210.